The number of amides is 2. The Morgan fingerprint density at radius 1 is 1.38 bits per heavy atom. The topological polar surface area (TPSA) is 81.1 Å². The summed E-state index contributed by atoms with van der Waals surface area (Å²) >= 11 is 4.01. The Morgan fingerprint density at radius 2 is 2.23 bits per heavy atom. The summed E-state index contributed by atoms with van der Waals surface area (Å²) in [5, 5.41) is 5.35. The molecular formula is C17H15N3O3S3. The molecule has 1 aliphatic rings. The zero-order valence-electron chi connectivity index (χ0n) is 13.9. The van der Waals surface area contributed by atoms with Gasteiger partial charge in [-0.25, -0.2) is 4.98 Å². The minimum atomic E-state index is -0.406. The lowest BCUT2D eigenvalue weighted by Crippen LogP contribution is -2.31. The normalized spacial score (nSPS) is 13.1. The van der Waals surface area contributed by atoms with Gasteiger partial charge in [0.05, 0.1) is 16.0 Å². The maximum Gasteiger partial charge on any atom is 0.267 e. The van der Waals surface area contributed by atoms with E-state index in [-0.39, 0.29) is 11.3 Å². The monoisotopic (exact) mass is 405 g/mol. The van der Waals surface area contributed by atoms with Gasteiger partial charge in [0, 0.05) is 11.9 Å². The van der Waals surface area contributed by atoms with E-state index in [1.807, 2.05) is 0 Å². The summed E-state index contributed by atoms with van der Waals surface area (Å²) in [4.78, 5) is 43.7. The lowest BCUT2D eigenvalue weighted by molar-refractivity contribution is -0.117. The van der Waals surface area contributed by atoms with Crippen molar-refractivity contribution >= 4 is 56.5 Å². The minimum Gasteiger partial charge on any atom is -0.291 e. The number of aromatic nitrogens is 2. The number of hydrogen-bond acceptors (Lipinski definition) is 7. The van der Waals surface area contributed by atoms with Crippen LogP contribution in [-0.4, -0.2) is 27.1 Å². The fourth-order valence-corrected chi connectivity index (χ4v) is 5.69. The number of nitrogens with one attached hydrogen (secondary N) is 1. The Hall–Kier alpha value is -1.97. The van der Waals surface area contributed by atoms with E-state index in [1.54, 1.807) is 35.9 Å². The zero-order chi connectivity index (χ0) is 18.3. The Balaban J connectivity index is 1.51. The van der Waals surface area contributed by atoms with Gasteiger partial charge in [-0.2, -0.15) is 0 Å². The van der Waals surface area contributed by atoms with Crippen LogP contribution < -0.4 is 10.9 Å². The first-order valence-electron chi connectivity index (χ1n) is 8.06. The molecule has 26 heavy (non-hydrogen) atoms. The van der Waals surface area contributed by atoms with Crippen LogP contribution in [0.25, 0.3) is 10.2 Å². The number of thioether (sulfide) groups is 1. The molecule has 0 bridgehead atoms. The second-order valence-electron chi connectivity index (χ2n) is 5.94. The van der Waals surface area contributed by atoms with Crippen LogP contribution in [0.15, 0.2) is 27.5 Å². The SMILES string of the molecule is Cn1c(SCC(=O)NC(=O)c2cccs2)nc2sc3c(c2c1=O)CCC3. The van der Waals surface area contributed by atoms with E-state index >= 15 is 0 Å². The molecule has 134 valence electrons. The van der Waals surface area contributed by atoms with Crippen LogP contribution in [-0.2, 0) is 24.7 Å². The van der Waals surface area contributed by atoms with Gasteiger partial charge in [-0.3, -0.25) is 24.3 Å². The van der Waals surface area contributed by atoms with Crippen molar-refractivity contribution in [2.45, 2.75) is 24.4 Å². The number of hydrogen-bond donors (Lipinski definition) is 1. The Bertz CT molecular complexity index is 1070. The highest BCUT2D eigenvalue weighted by Gasteiger charge is 2.22. The molecular weight excluding hydrogens is 390 g/mol. The van der Waals surface area contributed by atoms with E-state index in [2.05, 4.69) is 10.3 Å². The van der Waals surface area contributed by atoms with Gasteiger partial charge in [0.15, 0.2) is 5.16 Å². The molecule has 3 aromatic rings. The van der Waals surface area contributed by atoms with Crippen LogP contribution in [0.3, 0.4) is 0 Å². The molecule has 0 atom stereocenters. The minimum absolute atomic E-state index is 0.0218. The van der Waals surface area contributed by atoms with Gasteiger partial charge in [0.25, 0.3) is 11.5 Å². The van der Waals surface area contributed by atoms with Crippen LogP contribution in [0.4, 0.5) is 0 Å². The third kappa shape index (κ3) is 3.10. The predicted octanol–water partition coefficient (Wildman–Crippen LogP) is 2.59. The van der Waals surface area contributed by atoms with E-state index in [0.717, 1.165) is 46.8 Å². The van der Waals surface area contributed by atoms with E-state index in [4.69, 9.17) is 0 Å². The van der Waals surface area contributed by atoms with Gasteiger partial charge in [-0.1, -0.05) is 17.8 Å². The van der Waals surface area contributed by atoms with Crippen molar-refractivity contribution in [3.63, 3.8) is 0 Å². The van der Waals surface area contributed by atoms with E-state index in [9.17, 15) is 14.4 Å². The number of carbonyl (C=O) groups excluding carboxylic acids is 2. The molecule has 2 amide bonds. The molecule has 1 aliphatic carbocycles. The van der Waals surface area contributed by atoms with Crippen molar-refractivity contribution in [2.24, 2.45) is 7.05 Å². The number of fused-ring (bicyclic) bond motifs is 3. The molecule has 3 aromatic heterocycles. The lowest BCUT2D eigenvalue weighted by atomic mass is 10.2. The van der Waals surface area contributed by atoms with E-state index < -0.39 is 11.8 Å². The molecule has 1 N–H and O–H groups in total. The van der Waals surface area contributed by atoms with Gasteiger partial charge in [0.2, 0.25) is 5.91 Å². The van der Waals surface area contributed by atoms with Gasteiger partial charge in [-0.05, 0) is 36.3 Å². The molecule has 0 aliphatic heterocycles. The number of carbonyl (C=O) groups is 2. The summed E-state index contributed by atoms with van der Waals surface area (Å²) in [7, 11) is 1.67. The summed E-state index contributed by atoms with van der Waals surface area (Å²) in [6.07, 6.45) is 3.04. The molecule has 0 saturated carbocycles. The third-order valence-electron chi connectivity index (χ3n) is 4.24. The Kier molecular flexibility index (Phi) is 4.68. The molecule has 3 heterocycles. The third-order valence-corrected chi connectivity index (χ3v) is 7.32. The largest absolute Gasteiger partial charge is 0.291 e. The van der Waals surface area contributed by atoms with Gasteiger partial charge in [-0.15, -0.1) is 22.7 Å². The van der Waals surface area contributed by atoms with Crippen molar-refractivity contribution in [1.29, 1.82) is 0 Å². The Morgan fingerprint density at radius 3 is 3.00 bits per heavy atom. The molecule has 0 fully saturated rings. The molecule has 9 heteroatoms. The first-order valence-corrected chi connectivity index (χ1v) is 10.7. The zero-order valence-corrected chi connectivity index (χ0v) is 16.4. The molecule has 0 spiro atoms. The molecule has 4 rings (SSSR count). The number of aryl methyl sites for hydroxylation is 2. The van der Waals surface area contributed by atoms with Gasteiger partial charge >= 0.3 is 0 Å². The first-order chi connectivity index (χ1) is 12.5. The summed E-state index contributed by atoms with van der Waals surface area (Å²) in [6, 6.07) is 3.42. The highest BCUT2D eigenvalue weighted by molar-refractivity contribution is 7.99. The summed E-state index contributed by atoms with van der Waals surface area (Å²) in [5.41, 5.74) is 1.08. The van der Waals surface area contributed by atoms with Crippen molar-refractivity contribution in [1.82, 2.24) is 14.9 Å². The number of thiophene rings is 2. The first kappa shape index (κ1) is 17.4. The maximum atomic E-state index is 12.7. The van der Waals surface area contributed by atoms with Crippen molar-refractivity contribution in [3.8, 4) is 0 Å². The van der Waals surface area contributed by atoms with Crippen molar-refractivity contribution < 1.29 is 9.59 Å². The highest BCUT2D eigenvalue weighted by atomic mass is 32.2. The molecule has 0 radical (unpaired) electrons. The Labute approximate surface area is 161 Å². The predicted molar refractivity (Wildman–Crippen MR) is 104 cm³/mol. The van der Waals surface area contributed by atoms with Crippen LogP contribution >= 0.6 is 34.4 Å². The second-order valence-corrected chi connectivity index (χ2v) is 8.91. The van der Waals surface area contributed by atoms with E-state index in [0.29, 0.717) is 10.0 Å². The molecule has 0 aromatic carbocycles. The van der Waals surface area contributed by atoms with Crippen LogP contribution in [0.1, 0.15) is 26.5 Å². The average Bonchev–Trinajstić information content (AvgIpc) is 3.32. The highest BCUT2D eigenvalue weighted by Crippen LogP contribution is 2.35. The number of imide groups is 1. The van der Waals surface area contributed by atoms with Gasteiger partial charge < -0.3 is 0 Å². The lowest BCUT2D eigenvalue weighted by Gasteiger charge is -2.07. The van der Waals surface area contributed by atoms with E-state index in [1.165, 1.54) is 20.8 Å². The summed E-state index contributed by atoms with van der Waals surface area (Å²) < 4.78 is 1.49. The number of rotatable bonds is 4. The van der Waals surface area contributed by atoms with Crippen LogP contribution in [0.2, 0.25) is 0 Å². The smallest absolute Gasteiger partial charge is 0.267 e. The molecule has 6 nitrogen and oxygen atoms in total. The average molecular weight is 406 g/mol. The van der Waals surface area contributed by atoms with Crippen LogP contribution in [0.5, 0.6) is 0 Å². The van der Waals surface area contributed by atoms with Crippen LogP contribution in [0, 0.1) is 0 Å². The summed E-state index contributed by atoms with van der Waals surface area (Å²) in [6.45, 7) is 0. The quantitative estimate of drug-likeness (QED) is 0.533. The fraction of sp³-hybridized carbons (Fsp3) is 0.294. The number of nitrogens with zero attached hydrogens (tertiary/aromatic N) is 2. The maximum absolute atomic E-state index is 12.7. The molecule has 0 unspecified atom stereocenters. The molecule has 0 saturated heterocycles. The standard InChI is InChI=1S/C17H15N3O3S3/c1-20-16(23)13-9-4-2-5-10(9)26-15(13)19-17(20)25-8-12(21)18-14(22)11-6-3-7-24-11/h3,6-7H,2,4-5,8H2,1H3,(H,18,21,22). The summed E-state index contributed by atoms with van der Waals surface area (Å²) in [5.74, 6) is -0.789. The van der Waals surface area contributed by atoms with Gasteiger partial charge in [0.1, 0.15) is 4.83 Å². The fourth-order valence-electron chi connectivity index (χ4n) is 3.00. The van der Waals surface area contributed by atoms with Crippen molar-refractivity contribution in [3.05, 3.63) is 43.2 Å². The second kappa shape index (κ2) is 6.98. The van der Waals surface area contributed by atoms with Crippen molar-refractivity contribution in [2.75, 3.05) is 5.75 Å².